The van der Waals surface area contributed by atoms with Crippen molar-refractivity contribution >= 4 is 28.6 Å². The predicted octanol–water partition coefficient (Wildman–Crippen LogP) is 10.4. The molecular weight excluding hydrogens is 731 g/mol. The van der Waals surface area contributed by atoms with E-state index in [4.69, 9.17) is 23.3 Å². The van der Waals surface area contributed by atoms with Crippen molar-refractivity contribution in [3.8, 4) is 22.9 Å². The highest BCUT2D eigenvalue weighted by atomic mass is 127. The van der Waals surface area contributed by atoms with E-state index in [0.717, 1.165) is 82.9 Å². The van der Waals surface area contributed by atoms with Gasteiger partial charge in [-0.1, -0.05) is 55.0 Å². The molecule has 1 unspecified atom stereocenters. The molecular formula is C40H53IN2O6. The maximum absolute atomic E-state index is 11.4. The lowest BCUT2D eigenvalue weighted by Gasteiger charge is -2.34. The lowest BCUT2D eigenvalue weighted by molar-refractivity contribution is -0.163. The van der Waals surface area contributed by atoms with Crippen LogP contribution in [0.1, 0.15) is 105 Å². The molecule has 3 atom stereocenters. The van der Waals surface area contributed by atoms with Gasteiger partial charge in [-0.3, -0.25) is 0 Å². The lowest BCUT2D eigenvalue weighted by Crippen LogP contribution is -2.37. The van der Waals surface area contributed by atoms with Gasteiger partial charge >= 0.3 is 5.97 Å². The smallest absolute Gasteiger partial charge is 0.335 e. The monoisotopic (exact) mass is 784 g/mol. The third kappa shape index (κ3) is 9.61. The van der Waals surface area contributed by atoms with E-state index in [1.54, 1.807) is 21.0 Å². The summed E-state index contributed by atoms with van der Waals surface area (Å²) >= 11 is 2.32. The van der Waals surface area contributed by atoms with Crippen molar-refractivity contribution in [1.29, 1.82) is 0 Å². The highest BCUT2D eigenvalue weighted by Gasteiger charge is 2.35. The van der Waals surface area contributed by atoms with E-state index in [-0.39, 0.29) is 6.10 Å². The van der Waals surface area contributed by atoms with Gasteiger partial charge in [0.2, 0.25) is 11.8 Å². The SMILES string of the molecule is CCc1oc(-c2ccc(C)c(C)c2)nc1C(OC)[C@H]1CCC[C@@H](COC(C)(C)C(=O)O)C1.CCc1oc(-c2ccc(C)c(C)c2)nc1CI. The number of nitrogens with zero attached hydrogens (tertiary/aromatic N) is 2. The van der Waals surface area contributed by atoms with Crippen LogP contribution in [-0.4, -0.2) is 40.4 Å². The average molecular weight is 785 g/mol. The maximum Gasteiger partial charge on any atom is 0.335 e. The van der Waals surface area contributed by atoms with Crippen LogP contribution in [-0.2, 0) is 31.5 Å². The minimum Gasteiger partial charge on any atom is -0.479 e. The molecule has 266 valence electrons. The lowest BCUT2D eigenvalue weighted by atomic mass is 9.78. The molecule has 1 saturated carbocycles. The van der Waals surface area contributed by atoms with E-state index in [2.05, 4.69) is 106 Å². The molecule has 1 N–H and O–H groups in total. The average Bonchev–Trinajstić information content (AvgIpc) is 3.72. The zero-order valence-corrected chi connectivity index (χ0v) is 32.8. The van der Waals surface area contributed by atoms with E-state index in [0.29, 0.717) is 24.3 Å². The van der Waals surface area contributed by atoms with Crippen molar-refractivity contribution in [3.63, 3.8) is 0 Å². The molecule has 2 aromatic heterocycles. The summed E-state index contributed by atoms with van der Waals surface area (Å²) in [5, 5.41) is 9.32. The number of halogens is 1. The van der Waals surface area contributed by atoms with Crippen molar-refractivity contribution in [2.75, 3.05) is 13.7 Å². The first-order valence-corrected chi connectivity index (χ1v) is 18.9. The zero-order chi connectivity index (χ0) is 35.9. The summed E-state index contributed by atoms with van der Waals surface area (Å²) in [4.78, 5) is 20.8. The fourth-order valence-electron chi connectivity index (χ4n) is 6.27. The summed E-state index contributed by atoms with van der Waals surface area (Å²) in [6.45, 7) is 16.2. The number of aryl methyl sites for hydroxylation is 6. The quantitative estimate of drug-likeness (QED) is 0.112. The molecule has 9 heteroatoms. The van der Waals surface area contributed by atoms with Gasteiger partial charge in [-0.05, 0) is 119 Å². The second-order valence-corrected chi connectivity index (χ2v) is 14.5. The number of hydrogen-bond donors (Lipinski definition) is 1. The van der Waals surface area contributed by atoms with Gasteiger partial charge in [0, 0.05) is 35.5 Å². The number of rotatable bonds is 12. The molecule has 0 bridgehead atoms. The van der Waals surface area contributed by atoms with Gasteiger partial charge in [0.05, 0.1) is 12.3 Å². The standard InChI is InChI=1S/C26H37NO5.C14H16INO/c1-7-21-22(27-24(32-21)20-12-11-16(2)17(3)13-20)23(30-6)19-10-8-9-18(14-19)15-31-26(4,5)25(28)29;1-4-13-12(8-15)16-14(17-13)11-6-5-9(2)10(3)7-11/h11-13,18-19,23H,7-10,14-15H2,1-6H3,(H,28,29);5-7H,4,8H2,1-3H3/t18-,19+,23?;/m1./s1. The van der Waals surface area contributed by atoms with Gasteiger partial charge < -0.3 is 23.4 Å². The van der Waals surface area contributed by atoms with Crippen LogP contribution in [0.5, 0.6) is 0 Å². The van der Waals surface area contributed by atoms with Crippen LogP contribution in [0.15, 0.2) is 45.2 Å². The van der Waals surface area contributed by atoms with Gasteiger partial charge in [-0.15, -0.1) is 0 Å². The van der Waals surface area contributed by atoms with Crippen LogP contribution in [0.3, 0.4) is 0 Å². The molecule has 4 aromatic rings. The number of hydrogen-bond acceptors (Lipinski definition) is 7. The number of methoxy groups -OCH3 is 1. The van der Waals surface area contributed by atoms with Crippen LogP contribution in [0.2, 0.25) is 0 Å². The highest BCUT2D eigenvalue weighted by molar-refractivity contribution is 14.1. The van der Waals surface area contributed by atoms with Gasteiger partial charge in [0.15, 0.2) is 5.60 Å². The number of benzene rings is 2. The Bertz CT molecular complexity index is 1690. The molecule has 49 heavy (non-hydrogen) atoms. The minimum absolute atomic E-state index is 0.149. The van der Waals surface area contributed by atoms with Gasteiger partial charge in [0.1, 0.15) is 23.3 Å². The molecule has 1 aliphatic rings. The Balaban J connectivity index is 0.000000266. The Morgan fingerprint density at radius 2 is 1.49 bits per heavy atom. The maximum atomic E-state index is 11.4. The van der Waals surface area contributed by atoms with E-state index in [9.17, 15) is 9.90 Å². The van der Waals surface area contributed by atoms with Crippen molar-refractivity contribution in [1.82, 2.24) is 9.97 Å². The summed E-state index contributed by atoms with van der Waals surface area (Å²) in [6.07, 6.45) is 5.57. The fraction of sp³-hybridized carbons (Fsp3) is 0.525. The normalized spacial score (nSPS) is 17.0. The van der Waals surface area contributed by atoms with Crippen molar-refractivity contribution in [2.45, 2.75) is 110 Å². The predicted molar refractivity (Wildman–Crippen MR) is 202 cm³/mol. The van der Waals surface area contributed by atoms with Crippen molar-refractivity contribution < 1.29 is 28.2 Å². The zero-order valence-electron chi connectivity index (χ0n) is 30.6. The minimum atomic E-state index is -1.17. The van der Waals surface area contributed by atoms with Gasteiger partial charge in [0.25, 0.3) is 0 Å². The first-order valence-electron chi connectivity index (χ1n) is 17.4. The molecule has 0 spiro atoms. The van der Waals surface area contributed by atoms with Crippen LogP contribution in [0.4, 0.5) is 0 Å². The molecule has 8 nitrogen and oxygen atoms in total. The summed E-state index contributed by atoms with van der Waals surface area (Å²) in [6, 6.07) is 12.6. The number of carbonyl (C=O) groups is 1. The van der Waals surface area contributed by atoms with Crippen LogP contribution >= 0.6 is 22.6 Å². The first-order chi connectivity index (χ1) is 23.3. The van der Waals surface area contributed by atoms with E-state index >= 15 is 0 Å². The number of ether oxygens (including phenoxy) is 2. The molecule has 0 saturated heterocycles. The summed E-state index contributed by atoms with van der Waals surface area (Å²) in [5.41, 5.74) is 7.86. The van der Waals surface area contributed by atoms with Crippen LogP contribution in [0, 0.1) is 39.5 Å². The van der Waals surface area contributed by atoms with E-state index in [1.165, 1.54) is 22.3 Å². The largest absolute Gasteiger partial charge is 0.479 e. The molecule has 1 aliphatic carbocycles. The third-order valence-electron chi connectivity index (χ3n) is 9.75. The number of alkyl halides is 1. The molecule has 0 amide bonds. The van der Waals surface area contributed by atoms with Crippen LogP contribution in [0.25, 0.3) is 22.9 Å². The second-order valence-electron chi connectivity index (χ2n) is 13.7. The molecule has 1 fully saturated rings. The van der Waals surface area contributed by atoms with Crippen molar-refractivity contribution in [3.05, 3.63) is 81.6 Å². The van der Waals surface area contributed by atoms with Crippen LogP contribution < -0.4 is 0 Å². The number of carboxylic acid groups (broad SMARTS) is 1. The molecule has 5 rings (SSSR count). The van der Waals surface area contributed by atoms with E-state index < -0.39 is 11.6 Å². The first kappa shape index (κ1) is 38.8. The molecule has 2 heterocycles. The summed E-state index contributed by atoms with van der Waals surface area (Å²) in [7, 11) is 1.74. The van der Waals surface area contributed by atoms with Gasteiger partial charge in [-0.25, -0.2) is 14.8 Å². The van der Waals surface area contributed by atoms with E-state index in [1.807, 2.05) is 0 Å². The number of aliphatic carboxylic acids is 1. The molecule has 2 aromatic carbocycles. The topological polar surface area (TPSA) is 108 Å². The molecule has 0 aliphatic heterocycles. The summed E-state index contributed by atoms with van der Waals surface area (Å²) < 4.78 is 24.6. The van der Waals surface area contributed by atoms with Crippen molar-refractivity contribution in [2.24, 2.45) is 11.8 Å². The molecule has 0 radical (unpaired) electrons. The number of aromatic nitrogens is 2. The third-order valence-corrected chi connectivity index (χ3v) is 10.5. The number of carboxylic acids is 1. The summed E-state index contributed by atoms with van der Waals surface area (Å²) in [5.74, 6) is 2.92. The highest BCUT2D eigenvalue weighted by Crippen LogP contribution is 2.41. The Hall–Kier alpha value is -3.02. The fourth-order valence-corrected chi connectivity index (χ4v) is 6.87. The second kappa shape index (κ2) is 17.3. The van der Waals surface area contributed by atoms with Gasteiger partial charge in [-0.2, -0.15) is 0 Å². The Morgan fingerprint density at radius 3 is 1.98 bits per heavy atom. The number of oxazole rings is 2. The Kier molecular flexibility index (Phi) is 13.7. The Morgan fingerprint density at radius 1 is 0.918 bits per heavy atom. The Labute approximate surface area is 305 Å².